The molecule has 0 amide bonds. The maximum Gasteiger partial charge on any atom is 0.148 e. The first kappa shape index (κ1) is 13.5. The Morgan fingerprint density at radius 3 is 2.71 bits per heavy atom. The summed E-state index contributed by atoms with van der Waals surface area (Å²) >= 11 is 5.12. The molecule has 1 aliphatic carbocycles. The second-order valence-corrected chi connectivity index (χ2v) is 9.14. The van der Waals surface area contributed by atoms with E-state index in [-0.39, 0.29) is 5.75 Å². The summed E-state index contributed by atoms with van der Waals surface area (Å²) < 4.78 is 23.5. The van der Waals surface area contributed by atoms with Crippen LogP contribution in [-0.4, -0.2) is 37.9 Å². The lowest BCUT2D eigenvalue weighted by Gasteiger charge is -2.20. The molecule has 1 heterocycles. The maximum absolute atomic E-state index is 11.2. The highest BCUT2D eigenvalue weighted by Crippen LogP contribution is 2.29. The van der Waals surface area contributed by atoms with Gasteiger partial charge in [0.1, 0.15) is 9.84 Å². The van der Waals surface area contributed by atoms with Crippen molar-refractivity contribution in [3.63, 3.8) is 0 Å². The van der Waals surface area contributed by atoms with E-state index in [0.29, 0.717) is 12.6 Å². The molecule has 96 valence electrons. The van der Waals surface area contributed by atoms with Gasteiger partial charge in [0, 0.05) is 25.4 Å². The van der Waals surface area contributed by atoms with Gasteiger partial charge in [0.05, 0.1) is 9.54 Å². The van der Waals surface area contributed by atoms with Crippen LogP contribution in [0.2, 0.25) is 0 Å². The molecule has 1 aromatic heterocycles. The van der Waals surface area contributed by atoms with Gasteiger partial charge >= 0.3 is 0 Å². The van der Waals surface area contributed by atoms with Crippen molar-refractivity contribution in [2.45, 2.75) is 25.4 Å². The highest BCUT2D eigenvalue weighted by molar-refractivity contribution is 9.11. The van der Waals surface area contributed by atoms with E-state index in [4.69, 9.17) is 0 Å². The van der Waals surface area contributed by atoms with Crippen LogP contribution in [0.3, 0.4) is 0 Å². The van der Waals surface area contributed by atoms with E-state index in [0.717, 1.165) is 10.3 Å². The van der Waals surface area contributed by atoms with Crippen LogP contribution in [0.5, 0.6) is 0 Å². The second kappa shape index (κ2) is 5.38. The fourth-order valence-electron chi connectivity index (χ4n) is 1.78. The van der Waals surface area contributed by atoms with Crippen LogP contribution in [0.1, 0.15) is 18.4 Å². The minimum Gasteiger partial charge on any atom is -0.295 e. The molecule has 1 saturated carbocycles. The van der Waals surface area contributed by atoms with Crippen LogP contribution in [0.4, 0.5) is 0 Å². The number of thiophene rings is 1. The van der Waals surface area contributed by atoms with Crippen LogP contribution in [0.25, 0.3) is 0 Å². The smallest absolute Gasteiger partial charge is 0.148 e. The highest BCUT2D eigenvalue weighted by Gasteiger charge is 2.29. The third kappa shape index (κ3) is 4.69. The molecular weight excluding hydrogens is 322 g/mol. The Balaban J connectivity index is 1.93. The molecular formula is C11H16BrNO2S2. The molecule has 0 aromatic carbocycles. The van der Waals surface area contributed by atoms with E-state index in [1.54, 1.807) is 11.3 Å². The average molecular weight is 338 g/mol. The SMILES string of the molecule is CS(=O)(=O)CCN(Cc1csc(Br)c1)C1CC1. The second-order valence-electron chi connectivity index (χ2n) is 4.59. The summed E-state index contributed by atoms with van der Waals surface area (Å²) in [5.74, 6) is 0.259. The molecule has 0 bridgehead atoms. The third-order valence-electron chi connectivity index (χ3n) is 2.82. The molecule has 1 aliphatic rings. The van der Waals surface area contributed by atoms with Gasteiger partial charge < -0.3 is 0 Å². The summed E-state index contributed by atoms with van der Waals surface area (Å²) in [5, 5.41) is 2.12. The van der Waals surface area contributed by atoms with E-state index < -0.39 is 9.84 Å². The number of hydrogen-bond acceptors (Lipinski definition) is 4. The first-order valence-corrected chi connectivity index (χ1v) is 9.32. The van der Waals surface area contributed by atoms with Gasteiger partial charge in [-0.1, -0.05) is 0 Å². The van der Waals surface area contributed by atoms with Crippen molar-refractivity contribution in [2.24, 2.45) is 0 Å². The van der Waals surface area contributed by atoms with Gasteiger partial charge in [0.15, 0.2) is 0 Å². The predicted octanol–water partition coefficient (Wildman–Crippen LogP) is 2.52. The summed E-state index contributed by atoms with van der Waals surface area (Å²) in [7, 11) is -2.86. The van der Waals surface area contributed by atoms with Gasteiger partial charge in [-0.2, -0.15) is 0 Å². The molecule has 1 fully saturated rings. The molecule has 17 heavy (non-hydrogen) atoms. The fourth-order valence-corrected chi connectivity index (χ4v) is 3.54. The highest BCUT2D eigenvalue weighted by atomic mass is 79.9. The monoisotopic (exact) mass is 337 g/mol. The van der Waals surface area contributed by atoms with Crippen LogP contribution < -0.4 is 0 Å². The van der Waals surface area contributed by atoms with E-state index in [9.17, 15) is 8.42 Å². The van der Waals surface area contributed by atoms with Crippen LogP contribution in [0.15, 0.2) is 15.2 Å². The molecule has 0 radical (unpaired) electrons. The molecule has 0 atom stereocenters. The Hall–Kier alpha value is 0.0900. The number of halogens is 1. The molecule has 6 heteroatoms. The summed E-state index contributed by atoms with van der Waals surface area (Å²) in [5.41, 5.74) is 1.27. The van der Waals surface area contributed by atoms with Gasteiger partial charge in [-0.3, -0.25) is 4.90 Å². The Morgan fingerprint density at radius 1 is 1.53 bits per heavy atom. The zero-order valence-electron chi connectivity index (χ0n) is 9.73. The average Bonchev–Trinajstić information content (AvgIpc) is 2.97. The van der Waals surface area contributed by atoms with Crippen molar-refractivity contribution in [1.82, 2.24) is 4.90 Å². The molecule has 0 spiro atoms. The van der Waals surface area contributed by atoms with Crippen molar-refractivity contribution < 1.29 is 8.42 Å². The summed E-state index contributed by atoms with van der Waals surface area (Å²) in [6, 6.07) is 2.70. The molecule has 0 saturated heterocycles. The molecule has 1 aromatic rings. The number of sulfone groups is 1. The lowest BCUT2D eigenvalue weighted by atomic mass is 10.3. The van der Waals surface area contributed by atoms with Crippen molar-refractivity contribution in [2.75, 3.05) is 18.6 Å². The summed E-state index contributed by atoms with van der Waals surface area (Å²) in [4.78, 5) is 2.29. The first-order valence-electron chi connectivity index (χ1n) is 5.59. The molecule has 0 N–H and O–H groups in total. The van der Waals surface area contributed by atoms with Gasteiger partial charge in [-0.05, 0) is 45.8 Å². The quantitative estimate of drug-likeness (QED) is 0.800. The van der Waals surface area contributed by atoms with Gasteiger partial charge in [-0.15, -0.1) is 11.3 Å². The third-order valence-corrected chi connectivity index (χ3v) is 5.30. The van der Waals surface area contributed by atoms with Crippen LogP contribution in [-0.2, 0) is 16.4 Å². The lowest BCUT2D eigenvalue weighted by Crippen LogP contribution is -2.30. The van der Waals surface area contributed by atoms with E-state index in [2.05, 4.69) is 32.3 Å². The van der Waals surface area contributed by atoms with Crippen molar-refractivity contribution in [1.29, 1.82) is 0 Å². The van der Waals surface area contributed by atoms with E-state index >= 15 is 0 Å². The Morgan fingerprint density at radius 2 is 2.24 bits per heavy atom. The summed E-state index contributed by atoms with van der Waals surface area (Å²) in [6.07, 6.45) is 3.71. The van der Waals surface area contributed by atoms with Crippen molar-refractivity contribution >= 4 is 37.1 Å². The number of nitrogens with zero attached hydrogens (tertiary/aromatic N) is 1. The topological polar surface area (TPSA) is 37.4 Å². The molecule has 3 nitrogen and oxygen atoms in total. The summed E-state index contributed by atoms with van der Waals surface area (Å²) in [6.45, 7) is 1.51. The van der Waals surface area contributed by atoms with Crippen LogP contribution in [0, 0.1) is 0 Å². The number of rotatable bonds is 6. The predicted molar refractivity (Wildman–Crippen MR) is 75.2 cm³/mol. The van der Waals surface area contributed by atoms with Gasteiger partial charge in [-0.25, -0.2) is 8.42 Å². The van der Waals surface area contributed by atoms with Crippen molar-refractivity contribution in [3.05, 3.63) is 20.8 Å². The van der Waals surface area contributed by atoms with E-state index in [1.165, 1.54) is 24.7 Å². The molecule has 0 aliphatic heterocycles. The Labute approximate surface area is 115 Å². The van der Waals surface area contributed by atoms with Gasteiger partial charge in [0.2, 0.25) is 0 Å². The fraction of sp³-hybridized carbons (Fsp3) is 0.636. The first-order chi connectivity index (χ1) is 7.94. The van der Waals surface area contributed by atoms with Gasteiger partial charge in [0.25, 0.3) is 0 Å². The maximum atomic E-state index is 11.2. The minimum absolute atomic E-state index is 0.259. The molecule has 0 unspecified atom stereocenters. The van der Waals surface area contributed by atoms with Crippen LogP contribution >= 0.6 is 27.3 Å². The zero-order valence-corrected chi connectivity index (χ0v) is 12.9. The number of hydrogen-bond donors (Lipinski definition) is 0. The standard InChI is InChI=1S/C11H16BrNO2S2/c1-17(14,15)5-4-13(10-2-3-10)7-9-6-11(12)16-8-9/h6,8,10H,2-5,7H2,1H3. The van der Waals surface area contributed by atoms with Crippen molar-refractivity contribution in [3.8, 4) is 0 Å². The zero-order chi connectivity index (χ0) is 12.5. The minimum atomic E-state index is -2.86. The Bertz CT molecular complexity index is 479. The lowest BCUT2D eigenvalue weighted by molar-refractivity contribution is 0.270. The Kier molecular flexibility index (Phi) is 4.28. The molecule has 2 rings (SSSR count). The largest absolute Gasteiger partial charge is 0.295 e. The normalized spacial score (nSPS) is 16.6. The van der Waals surface area contributed by atoms with E-state index in [1.807, 2.05) is 0 Å².